The van der Waals surface area contributed by atoms with E-state index in [1.807, 2.05) is 0 Å². The largest absolute Gasteiger partial charge is 0.481 e. The van der Waals surface area contributed by atoms with Gasteiger partial charge in [0.05, 0.1) is 17.1 Å². The number of halogens is 1. The third kappa shape index (κ3) is 2.75. The van der Waals surface area contributed by atoms with Gasteiger partial charge in [-0.1, -0.05) is 23.7 Å². The number of aromatic nitrogens is 2. The lowest BCUT2D eigenvalue weighted by molar-refractivity contribution is -0.136. The van der Waals surface area contributed by atoms with Crippen molar-refractivity contribution in [1.29, 1.82) is 0 Å². The molecule has 6 heteroatoms. The molecule has 0 unspecified atom stereocenters. The minimum atomic E-state index is -1.04. The van der Waals surface area contributed by atoms with E-state index in [4.69, 9.17) is 16.7 Å². The number of rotatable bonds is 3. The Morgan fingerprint density at radius 1 is 1.39 bits per heavy atom. The van der Waals surface area contributed by atoms with Gasteiger partial charge in [-0.05, 0) is 12.1 Å². The van der Waals surface area contributed by atoms with Gasteiger partial charge in [0, 0.05) is 11.6 Å². The monoisotopic (exact) mass is 264 g/mol. The molecule has 2 aromatic rings. The number of H-pyrrole nitrogens is 1. The Morgan fingerprint density at radius 2 is 2.11 bits per heavy atom. The van der Waals surface area contributed by atoms with Crippen LogP contribution < -0.4 is 5.56 Å². The summed E-state index contributed by atoms with van der Waals surface area (Å²) in [5.41, 5.74) is 0.348. The molecule has 1 aromatic carbocycles. The highest BCUT2D eigenvalue weighted by Gasteiger charge is 2.09. The molecule has 0 atom stereocenters. The van der Waals surface area contributed by atoms with Crippen LogP contribution in [0.25, 0.3) is 11.4 Å². The zero-order valence-corrected chi connectivity index (χ0v) is 9.94. The van der Waals surface area contributed by atoms with Crippen LogP contribution in [-0.4, -0.2) is 21.0 Å². The van der Waals surface area contributed by atoms with Gasteiger partial charge in [0.15, 0.2) is 0 Å². The van der Waals surface area contributed by atoms with Crippen molar-refractivity contribution in [2.45, 2.75) is 6.42 Å². The first-order valence-corrected chi connectivity index (χ1v) is 5.51. The Morgan fingerprint density at radius 3 is 2.78 bits per heavy atom. The maximum Gasteiger partial charge on any atom is 0.309 e. The van der Waals surface area contributed by atoms with Crippen molar-refractivity contribution in [3.05, 3.63) is 51.4 Å². The summed E-state index contributed by atoms with van der Waals surface area (Å²) >= 11 is 5.99. The summed E-state index contributed by atoms with van der Waals surface area (Å²) in [7, 11) is 0. The van der Waals surface area contributed by atoms with Crippen LogP contribution in [-0.2, 0) is 11.2 Å². The molecule has 0 saturated heterocycles. The first-order chi connectivity index (χ1) is 8.56. The molecule has 18 heavy (non-hydrogen) atoms. The molecule has 0 radical (unpaired) electrons. The molecule has 1 aromatic heterocycles. The predicted molar refractivity (Wildman–Crippen MR) is 66.6 cm³/mol. The summed E-state index contributed by atoms with van der Waals surface area (Å²) in [6.45, 7) is 0. The molecule has 0 spiro atoms. The van der Waals surface area contributed by atoms with Gasteiger partial charge in [0.1, 0.15) is 5.82 Å². The van der Waals surface area contributed by atoms with Crippen LogP contribution in [0.1, 0.15) is 5.69 Å². The third-order valence-corrected chi connectivity index (χ3v) is 2.59. The van der Waals surface area contributed by atoms with Crippen molar-refractivity contribution in [3.8, 4) is 11.4 Å². The van der Waals surface area contributed by atoms with E-state index < -0.39 is 11.5 Å². The highest BCUT2D eigenvalue weighted by atomic mass is 35.5. The fraction of sp³-hybridized carbons (Fsp3) is 0.0833. The van der Waals surface area contributed by atoms with E-state index in [2.05, 4.69) is 9.97 Å². The Labute approximate surface area is 107 Å². The summed E-state index contributed by atoms with van der Waals surface area (Å²) in [4.78, 5) is 28.7. The topological polar surface area (TPSA) is 83.0 Å². The van der Waals surface area contributed by atoms with Crippen molar-refractivity contribution in [3.63, 3.8) is 0 Å². The average Bonchev–Trinajstić information content (AvgIpc) is 2.27. The Balaban J connectivity index is 2.52. The first-order valence-electron chi connectivity index (χ1n) is 5.13. The van der Waals surface area contributed by atoms with E-state index in [9.17, 15) is 9.59 Å². The van der Waals surface area contributed by atoms with Crippen molar-refractivity contribution >= 4 is 17.6 Å². The SMILES string of the molecule is O=C(O)Cc1cc(=O)[nH]c(-c2ccccc2Cl)n1. The second-order valence-electron chi connectivity index (χ2n) is 3.64. The van der Waals surface area contributed by atoms with Crippen molar-refractivity contribution < 1.29 is 9.90 Å². The zero-order chi connectivity index (χ0) is 13.1. The van der Waals surface area contributed by atoms with Gasteiger partial charge in [-0.15, -0.1) is 0 Å². The van der Waals surface area contributed by atoms with Crippen LogP contribution in [0, 0.1) is 0 Å². The van der Waals surface area contributed by atoms with E-state index in [-0.39, 0.29) is 17.9 Å². The standard InChI is InChI=1S/C12H9ClN2O3/c13-9-4-2-1-3-8(9)12-14-7(6-11(17)18)5-10(16)15-12/h1-5H,6H2,(H,17,18)(H,14,15,16). The van der Waals surface area contributed by atoms with Gasteiger partial charge in [0.2, 0.25) is 0 Å². The molecule has 0 bridgehead atoms. The fourth-order valence-corrected chi connectivity index (χ4v) is 1.76. The fourth-order valence-electron chi connectivity index (χ4n) is 1.53. The maximum atomic E-state index is 11.4. The van der Waals surface area contributed by atoms with Gasteiger partial charge in [0.25, 0.3) is 5.56 Å². The zero-order valence-electron chi connectivity index (χ0n) is 9.18. The van der Waals surface area contributed by atoms with Crippen molar-refractivity contribution in [2.24, 2.45) is 0 Å². The van der Waals surface area contributed by atoms with E-state index in [1.54, 1.807) is 24.3 Å². The van der Waals surface area contributed by atoms with Gasteiger partial charge >= 0.3 is 5.97 Å². The van der Waals surface area contributed by atoms with Gasteiger partial charge in [-0.25, -0.2) is 4.98 Å². The summed E-state index contributed by atoms with van der Waals surface area (Å²) < 4.78 is 0. The summed E-state index contributed by atoms with van der Waals surface area (Å²) in [6.07, 6.45) is -0.304. The molecule has 1 heterocycles. The van der Waals surface area contributed by atoms with Crippen molar-refractivity contribution in [2.75, 3.05) is 0 Å². The van der Waals surface area contributed by atoms with Gasteiger partial charge in [-0.2, -0.15) is 0 Å². The van der Waals surface area contributed by atoms with Gasteiger partial charge < -0.3 is 10.1 Å². The second kappa shape index (κ2) is 5.01. The molecular formula is C12H9ClN2O3. The molecule has 0 amide bonds. The van der Waals surface area contributed by atoms with Crippen LogP contribution in [0.15, 0.2) is 35.1 Å². The lowest BCUT2D eigenvalue weighted by Crippen LogP contribution is -2.13. The first kappa shape index (κ1) is 12.3. The van der Waals surface area contributed by atoms with Crippen LogP contribution >= 0.6 is 11.6 Å². The minimum absolute atomic E-state index is 0.196. The normalized spacial score (nSPS) is 10.3. The predicted octanol–water partition coefficient (Wildman–Crippen LogP) is 1.72. The number of carbonyl (C=O) groups is 1. The molecule has 5 nitrogen and oxygen atoms in total. The number of hydrogen-bond donors (Lipinski definition) is 2. The smallest absolute Gasteiger partial charge is 0.309 e. The van der Waals surface area contributed by atoms with E-state index >= 15 is 0 Å². The number of nitrogens with one attached hydrogen (secondary N) is 1. The molecular weight excluding hydrogens is 256 g/mol. The number of aliphatic carboxylic acids is 1. The van der Waals surface area contributed by atoms with Crippen LogP contribution in [0.5, 0.6) is 0 Å². The molecule has 0 aliphatic carbocycles. The molecule has 0 aliphatic heterocycles. The number of aromatic amines is 1. The van der Waals surface area contributed by atoms with E-state index in [1.165, 1.54) is 0 Å². The molecule has 92 valence electrons. The van der Waals surface area contributed by atoms with Crippen LogP contribution in [0.2, 0.25) is 5.02 Å². The Kier molecular flexibility index (Phi) is 3.43. The number of carboxylic acid groups (broad SMARTS) is 1. The molecule has 0 fully saturated rings. The molecule has 0 aliphatic rings. The number of hydrogen-bond acceptors (Lipinski definition) is 3. The number of benzene rings is 1. The average molecular weight is 265 g/mol. The third-order valence-electron chi connectivity index (χ3n) is 2.26. The highest BCUT2D eigenvalue weighted by molar-refractivity contribution is 6.33. The van der Waals surface area contributed by atoms with E-state index in [0.29, 0.717) is 10.6 Å². The van der Waals surface area contributed by atoms with Crippen LogP contribution in [0.4, 0.5) is 0 Å². The summed E-state index contributed by atoms with van der Waals surface area (Å²) in [5.74, 6) is -0.775. The highest BCUT2D eigenvalue weighted by Crippen LogP contribution is 2.23. The lowest BCUT2D eigenvalue weighted by Gasteiger charge is -2.04. The molecule has 0 saturated carbocycles. The number of nitrogens with zero attached hydrogens (tertiary/aromatic N) is 1. The molecule has 2 rings (SSSR count). The van der Waals surface area contributed by atoms with Crippen LogP contribution in [0.3, 0.4) is 0 Å². The lowest BCUT2D eigenvalue weighted by atomic mass is 10.2. The number of carboxylic acids is 1. The molecule has 2 N–H and O–H groups in total. The quantitative estimate of drug-likeness (QED) is 0.884. The Hall–Kier alpha value is -2.14. The minimum Gasteiger partial charge on any atom is -0.481 e. The maximum absolute atomic E-state index is 11.4. The van der Waals surface area contributed by atoms with Gasteiger partial charge in [-0.3, -0.25) is 9.59 Å². The Bertz CT molecular complexity index is 652. The summed E-state index contributed by atoms with van der Waals surface area (Å²) in [5, 5.41) is 9.13. The summed E-state index contributed by atoms with van der Waals surface area (Å²) in [6, 6.07) is 8.04. The van der Waals surface area contributed by atoms with E-state index in [0.717, 1.165) is 6.07 Å². The van der Waals surface area contributed by atoms with Crippen molar-refractivity contribution in [1.82, 2.24) is 9.97 Å². The second-order valence-corrected chi connectivity index (χ2v) is 4.04.